The first-order valence-electron chi connectivity index (χ1n) is 5.27. The number of amides is 1. The Labute approximate surface area is 118 Å². The molecule has 0 aliphatic rings. The third-order valence-corrected chi connectivity index (χ3v) is 3.66. The van der Waals surface area contributed by atoms with Crippen LogP contribution in [0.25, 0.3) is 0 Å². The summed E-state index contributed by atoms with van der Waals surface area (Å²) in [6.45, 7) is 1.93. The van der Waals surface area contributed by atoms with E-state index >= 15 is 0 Å². The van der Waals surface area contributed by atoms with E-state index in [-0.39, 0.29) is 5.91 Å². The average Bonchev–Trinajstić information content (AvgIpc) is 2.32. The molecule has 1 heterocycles. The first-order chi connectivity index (χ1) is 8.58. The third-order valence-electron chi connectivity index (χ3n) is 2.39. The summed E-state index contributed by atoms with van der Waals surface area (Å²) in [6, 6.07) is 10.6. The fraction of sp³-hybridized carbons (Fsp3) is 0.0769. The lowest BCUT2D eigenvalue weighted by molar-refractivity contribution is 0.102. The van der Waals surface area contributed by atoms with Gasteiger partial charge in [-0.2, -0.15) is 0 Å². The first-order valence-corrected chi connectivity index (χ1v) is 6.44. The first kappa shape index (κ1) is 13.1. The van der Waals surface area contributed by atoms with E-state index in [9.17, 15) is 4.79 Å². The van der Waals surface area contributed by atoms with Gasteiger partial charge in [0.15, 0.2) is 0 Å². The summed E-state index contributed by atoms with van der Waals surface area (Å²) in [5, 5.41) is 3.05. The molecule has 1 N–H and O–H groups in total. The lowest BCUT2D eigenvalue weighted by Gasteiger charge is -2.07. The van der Waals surface area contributed by atoms with Crippen molar-refractivity contribution in [1.29, 1.82) is 0 Å². The van der Waals surface area contributed by atoms with Gasteiger partial charge in [0.2, 0.25) is 0 Å². The van der Waals surface area contributed by atoms with E-state index in [1.165, 1.54) is 0 Å². The zero-order chi connectivity index (χ0) is 13.1. The molecule has 0 spiro atoms. The van der Waals surface area contributed by atoms with Crippen LogP contribution in [-0.2, 0) is 0 Å². The van der Waals surface area contributed by atoms with Crippen molar-refractivity contribution in [2.24, 2.45) is 0 Å². The number of nitrogens with one attached hydrogen (secondary N) is 1. The zero-order valence-corrected chi connectivity index (χ0v) is 11.9. The lowest BCUT2D eigenvalue weighted by Crippen LogP contribution is -2.13. The molecule has 0 aliphatic carbocycles. The molecule has 18 heavy (non-hydrogen) atoms. The van der Waals surface area contributed by atoms with Crippen molar-refractivity contribution in [3.8, 4) is 0 Å². The van der Waals surface area contributed by atoms with Crippen LogP contribution in [0.2, 0.25) is 5.15 Å². The van der Waals surface area contributed by atoms with E-state index in [4.69, 9.17) is 11.6 Å². The van der Waals surface area contributed by atoms with Gasteiger partial charge in [0.1, 0.15) is 11.0 Å². The molecule has 1 amide bonds. The summed E-state index contributed by atoms with van der Waals surface area (Å²) in [5.41, 5.74) is 1.57. The van der Waals surface area contributed by atoms with Gasteiger partial charge in [0.25, 0.3) is 5.91 Å². The van der Waals surface area contributed by atoms with Gasteiger partial charge in [-0.05, 0) is 46.6 Å². The van der Waals surface area contributed by atoms with Crippen LogP contribution in [0.5, 0.6) is 0 Å². The van der Waals surface area contributed by atoms with Crippen molar-refractivity contribution < 1.29 is 4.79 Å². The quantitative estimate of drug-likeness (QED) is 0.846. The van der Waals surface area contributed by atoms with Crippen LogP contribution in [0.15, 0.2) is 40.9 Å². The van der Waals surface area contributed by atoms with Gasteiger partial charge in [-0.3, -0.25) is 4.79 Å². The molecule has 0 aliphatic heterocycles. The number of carbonyl (C=O) groups excluding carboxylic acids is 1. The predicted octanol–water partition coefficient (Wildman–Crippen LogP) is 4.06. The monoisotopic (exact) mass is 324 g/mol. The number of benzene rings is 1. The molecule has 0 radical (unpaired) electrons. The molecule has 0 fully saturated rings. The molecular formula is C13H10BrClN2O. The highest BCUT2D eigenvalue weighted by Crippen LogP contribution is 2.22. The van der Waals surface area contributed by atoms with Gasteiger partial charge in [0.05, 0.1) is 5.56 Å². The molecule has 0 saturated heterocycles. The predicted molar refractivity (Wildman–Crippen MR) is 76.1 cm³/mol. The molecule has 0 unspecified atom stereocenters. The normalized spacial score (nSPS) is 10.2. The Morgan fingerprint density at radius 1 is 1.28 bits per heavy atom. The number of aromatic nitrogens is 1. The maximum Gasteiger partial charge on any atom is 0.257 e. The zero-order valence-electron chi connectivity index (χ0n) is 9.58. The number of carbonyl (C=O) groups is 1. The van der Waals surface area contributed by atoms with Crippen LogP contribution in [0, 0.1) is 6.92 Å². The molecule has 5 heteroatoms. The van der Waals surface area contributed by atoms with Crippen LogP contribution in [-0.4, -0.2) is 10.9 Å². The summed E-state index contributed by atoms with van der Waals surface area (Å²) in [5.74, 6) is 0.209. The van der Waals surface area contributed by atoms with Crippen molar-refractivity contribution in [1.82, 2.24) is 4.98 Å². The number of halogens is 2. The Balaban J connectivity index is 2.25. The average molecular weight is 326 g/mol. The van der Waals surface area contributed by atoms with Gasteiger partial charge in [-0.25, -0.2) is 4.98 Å². The minimum atomic E-state index is -0.222. The fourth-order valence-corrected chi connectivity index (χ4v) is 2.09. The summed E-state index contributed by atoms with van der Waals surface area (Å²) in [4.78, 5) is 16.1. The Kier molecular flexibility index (Phi) is 3.99. The molecule has 1 aromatic carbocycles. The van der Waals surface area contributed by atoms with Gasteiger partial charge in [-0.1, -0.05) is 29.8 Å². The highest BCUT2D eigenvalue weighted by molar-refractivity contribution is 9.10. The molecule has 2 aromatic rings. The van der Waals surface area contributed by atoms with Crippen molar-refractivity contribution in [2.75, 3.05) is 5.32 Å². The lowest BCUT2D eigenvalue weighted by atomic mass is 10.1. The minimum Gasteiger partial charge on any atom is -0.306 e. The van der Waals surface area contributed by atoms with E-state index in [2.05, 4.69) is 26.2 Å². The molecule has 0 bridgehead atoms. The summed E-state index contributed by atoms with van der Waals surface area (Å²) < 4.78 is 0.782. The number of anilines is 1. The molecule has 2 rings (SSSR count). The Morgan fingerprint density at radius 2 is 2.00 bits per heavy atom. The van der Waals surface area contributed by atoms with E-state index in [1.807, 2.05) is 19.1 Å². The van der Waals surface area contributed by atoms with Gasteiger partial charge in [-0.15, -0.1) is 0 Å². The molecule has 3 nitrogen and oxygen atoms in total. The molecule has 92 valence electrons. The van der Waals surface area contributed by atoms with E-state index in [0.717, 1.165) is 10.0 Å². The number of nitrogens with zero attached hydrogens (tertiary/aromatic N) is 1. The Morgan fingerprint density at radius 3 is 2.72 bits per heavy atom. The second-order valence-corrected chi connectivity index (χ2v) is 4.92. The van der Waals surface area contributed by atoms with Gasteiger partial charge < -0.3 is 5.32 Å². The largest absolute Gasteiger partial charge is 0.306 e. The topological polar surface area (TPSA) is 42.0 Å². The van der Waals surface area contributed by atoms with Crippen LogP contribution in [0.1, 0.15) is 15.9 Å². The highest BCUT2D eigenvalue weighted by Gasteiger charge is 2.11. The Hall–Kier alpha value is -1.39. The number of aryl methyl sites for hydroxylation is 1. The van der Waals surface area contributed by atoms with Crippen molar-refractivity contribution in [3.05, 3.63) is 57.2 Å². The fourth-order valence-electron chi connectivity index (χ4n) is 1.48. The maximum absolute atomic E-state index is 12.1. The smallest absolute Gasteiger partial charge is 0.257 e. The van der Waals surface area contributed by atoms with Crippen LogP contribution in [0.3, 0.4) is 0 Å². The van der Waals surface area contributed by atoms with Crippen molar-refractivity contribution >= 4 is 39.3 Å². The van der Waals surface area contributed by atoms with E-state index in [1.54, 1.807) is 24.3 Å². The van der Waals surface area contributed by atoms with Gasteiger partial charge >= 0.3 is 0 Å². The van der Waals surface area contributed by atoms with Crippen LogP contribution >= 0.6 is 27.5 Å². The standard InChI is InChI=1S/C13H10BrClN2O/c1-8-4-2-5-9(12(8)14)13(18)17-11-7-3-6-10(15)16-11/h2-7H,1H3,(H,16,17,18). The van der Waals surface area contributed by atoms with E-state index < -0.39 is 0 Å². The number of hydrogen-bond acceptors (Lipinski definition) is 2. The van der Waals surface area contributed by atoms with Crippen molar-refractivity contribution in [3.63, 3.8) is 0 Å². The molecular weight excluding hydrogens is 316 g/mol. The highest BCUT2D eigenvalue weighted by atomic mass is 79.9. The Bertz CT molecular complexity index is 601. The number of pyridine rings is 1. The minimum absolute atomic E-state index is 0.222. The maximum atomic E-state index is 12.1. The van der Waals surface area contributed by atoms with Crippen LogP contribution in [0.4, 0.5) is 5.82 Å². The summed E-state index contributed by atoms with van der Waals surface area (Å²) in [6.07, 6.45) is 0. The summed E-state index contributed by atoms with van der Waals surface area (Å²) >= 11 is 9.16. The molecule has 0 atom stereocenters. The molecule has 0 saturated carbocycles. The SMILES string of the molecule is Cc1cccc(C(=O)Nc2cccc(Cl)n2)c1Br. The van der Waals surface area contributed by atoms with Crippen LogP contribution < -0.4 is 5.32 Å². The second-order valence-electron chi connectivity index (χ2n) is 3.74. The van der Waals surface area contributed by atoms with E-state index in [0.29, 0.717) is 16.5 Å². The van der Waals surface area contributed by atoms with Crippen molar-refractivity contribution in [2.45, 2.75) is 6.92 Å². The van der Waals surface area contributed by atoms with Gasteiger partial charge in [0, 0.05) is 4.47 Å². The second kappa shape index (κ2) is 5.50. The summed E-state index contributed by atoms with van der Waals surface area (Å²) in [7, 11) is 0. The number of hydrogen-bond donors (Lipinski definition) is 1. The number of rotatable bonds is 2. The third kappa shape index (κ3) is 2.89. The molecule has 1 aromatic heterocycles.